The van der Waals surface area contributed by atoms with Crippen LogP contribution >= 0.6 is 0 Å². The van der Waals surface area contributed by atoms with Gasteiger partial charge in [0.15, 0.2) is 0 Å². The number of aryl methyl sites for hydroxylation is 1. The van der Waals surface area contributed by atoms with Crippen molar-refractivity contribution in [2.24, 2.45) is 0 Å². The van der Waals surface area contributed by atoms with Crippen LogP contribution in [0, 0.1) is 0 Å². The van der Waals surface area contributed by atoms with Gasteiger partial charge in [-0.3, -0.25) is 14.3 Å². The molecule has 0 aliphatic carbocycles. The van der Waals surface area contributed by atoms with E-state index in [0.29, 0.717) is 30.5 Å². The Balaban J connectivity index is 1.60. The highest BCUT2D eigenvalue weighted by molar-refractivity contribution is 6.21. The molecule has 2 aliphatic rings. The van der Waals surface area contributed by atoms with E-state index < -0.39 is 17.8 Å². The minimum atomic E-state index is -0.759. The summed E-state index contributed by atoms with van der Waals surface area (Å²) in [4.78, 5) is 42.8. The number of hydrogen-bond acceptors (Lipinski definition) is 6. The number of hydrogen-bond donors (Lipinski definition) is 0. The Kier molecular flexibility index (Phi) is 4.49. The Morgan fingerprint density at radius 1 is 1.19 bits per heavy atom. The molecular weight excluding hydrogens is 350 g/mol. The van der Waals surface area contributed by atoms with Crippen molar-refractivity contribution < 1.29 is 24.0 Å². The molecule has 8 nitrogen and oxygen atoms in total. The molecule has 2 aliphatic heterocycles. The first-order valence-electron chi connectivity index (χ1n) is 8.95. The van der Waals surface area contributed by atoms with E-state index in [1.165, 1.54) is 12.1 Å². The highest BCUT2D eigenvalue weighted by Gasteiger charge is 2.39. The summed E-state index contributed by atoms with van der Waals surface area (Å²) in [5.41, 5.74) is 1.36. The Bertz CT molecular complexity index is 879. The molecule has 0 saturated carbocycles. The molecule has 140 valence electrons. The summed E-state index contributed by atoms with van der Waals surface area (Å²) in [6.07, 6.45) is 3.12. The fourth-order valence-electron chi connectivity index (χ4n) is 3.41. The number of rotatable bonds is 4. The van der Waals surface area contributed by atoms with Crippen LogP contribution in [-0.4, -0.2) is 45.8 Å². The monoisotopic (exact) mass is 369 g/mol. The number of aromatic nitrogens is 2. The maximum Gasteiger partial charge on any atom is 0.367 e. The first-order valence-corrected chi connectivity index (χ1v) is 8.95. The van der Waals surface area contributed by atoms with Crippen molar-refractivity contribution in [1.82, 2.24) is 14.8 Å². The standard InChI is InChI=1S/C19H19N3O5/c1-2-21-11-15(16(20-21)12-7-9-26-10-8-12)19(25)27-22-17(23)13-5-3-4-6-14(13)18(22)24/h3-6,11-12H,2,7-10H2,1H3. The van der Waals surface area contributed by atoms with Crippen LogP contribution in [0.3, 0.4) is 0 Å². The van der Waals surface area contributed by atoms with Crippen molar-refractivity contribution in [3.63, 3.8) is 0 Å². The predicted octanol–water partition coefficient (Wildman–Crippen LogP) is 2.17. The van der Waals surface area contributed by atoms with Crippen LogP contribution < -0.4 is 0 Å². The summed E-state index contributed by atoms with van der Waals surface area (Å²) in [6, 6.07) is 6.38. The van der Waals surface area contributed by atoms with Gasteiger partial charge < -0.3 is 9.57 Å². The van der Waals surface area contributed by atoms with Crippen LogP contribution in [0.5, 0.6) is 0 Å². The average molecular weight is 369 g/mol. The minimum absolute atomic E-state index is 0.0799. The summed E-state index contributed by atoms with van der Waals surface area (Å²) < 4.78 is 7.03. The second kappa shape index (κ2) is 6.96. The number of amides is 2. The maximum atomic E-state index is 12.8. The summed E-state index contributed by atoms with van der Waals surface area (Å²) in [5, 5.41) is 5.03. The number of imide groups is 1. The van der Waals surface area contributed by atoms with Gasteiger partial charge in [-0.15, -0.1) is 0 Å². The van der Waals surface area contributed by atoms with Gasteiger partial charge in [0.05, 0.1) is 16.8 Å². The second-order valence-electron chi connectivity index (χ2n) is 6.50. The van der Waals surface area contributed by atoms with Crippen molar-refractivity contribution in [3.05, 3.63) is 52.8 Å². The Labute approximate surface area is 155 Å². The number of benzene rings is 1. The Morgan fingerprint density at radius 3 is 2.41 bits per heavy atom. The second-order valence-corrected chi connectivity index (χ2v) is 6.50. The van der Waals surface area contributed by atoms with Gasteiger partial charge in [0.2, 0.25) is 0 Å². The summed E-state index contributed by atoms with van der Waals surface area (Å²) >= 11 is 0. The summed E-state index contributed by atoms with van der Waals surface area (Å²) in [7, 11) is 0. The lowest BCUT2D eigenvalue weighted by Crippen LogP contribution is -2.33. The minimum Gasteiger partial charge on any atom is -0.381 e. The Morgan fingerprint density at radius 2 is 1.81 bits per heavy atom. The van der Waals surface area contributed by atoms with Gasteiger partial charge in [-0.1, -0.05) is 17.2 Å². The molecule has 1 aromatic carbocycles. The van der Waals surface area contributed by atoms with E-state index in [2.05, 4.69) is 5.10 Å². The highest BCUT2D eigenvalue weighted by atomic mass is 16.7. The molecule has 1 aromatic heterocycles. The molecule has 0 spiro atoms. The smallest absolute Gasteiger partial charge is 0.367 e. The SMILES string of the molecule is CCn1cc(C(=O)ON2C(=O)c3ccccc3C2=O)c(C2CCOCC2)n1. The molecular formula is C19H19N3O5. The van der Waals surface area contributed by atoms with Gasteiger partial charge in [-0.25, -0.2) is 4.79 Å². The van der Waals surface area contributed by atoms with E-state index in [-0.39, 0.29) is 22.6 Å². The van der Waals surface area contributed by atoms with E-state index in [0.717, 1.165) is 12.8 Å². The van der Waals surface area contributed by atoms with E-state index in [1.54, 1.807) is 23.0 Å². The molecule has 1 saturated heterocycles. The molecule has 0 atom stereocenters. The molecule has 0 N–H and O–H groups in total. The quantitative estimate of drug-likeness (QED) is 0.767. The molecule has 0 unspecified atom stereocenters. The third-order valence-corrected chi connectivity index (χ3v) is 4.87. The molecule has 2 aromatic rings. The third kappa shape index (κ3) is 3.02. The zero-order valence-electron chi connectivity index (χ0n) is 14.9. The van der Waals surface area contributed by atoms with Crippen LogP contribution in [0.2, 0.25) is 0 Å². The number of nitrogens with zero attached hydrogens (tertiary/aromatic N) is 3. The van der Waals surface area contributed by atoms with Crippen molar-refractivity contribution in [2.75, 3.05) is 13.2 Å². The van der Waals surface area contributed by atoms with E-state index in [9.17, 15) is 14.4 Å². The summed E-state index contributed by atoms with van der Waals surface area (Å²) in [5.74, 6) is -1.96. The van der Waals surface area contributed by atoms with Gasteiger partial charge in [-0.05, 0) is 31.9 Å². The molecule has 0 bridgehead atoms. The van der Waals surface area contributed by atoms with Crippen molar-refractivity contribution in [3.8, 4) is 0 Å². The topological polar surface area (TPSA) is 90.7 Å². The lowest BCUT2D eigenvalue weighted by molar-refractivity contribution is -0.0586. The lowest BCUT2D eigenvalue weighted by atomic mass is 9.94. The number of carbonyl (C=O) groups excluding carboxylic acids is 3. The molecule has 0 radical (unpaired) electrons. The number of fused-ring (bicyclic) bond motifs is 1. The van der Waals surface area contributed by atoms with Crippen LogP contribution in [0.4, 0.5) is 0 Å². The predicted molar refractivity (Wildman–Crippen MR) is 93.1 cm³/mol. The van der Waals surface area contributed by atoms with Crippen LogP contribution in [0.1, 0.15) is 62.5 Å². The maximum absolute atomic E-state index is 12.8. The summed E-state index contributed by atoms with van der Waals surface area (Å²) in [6.45, 7) is 3.73. The fraction of sp³-hybridized carbons (Fsp3) is 0.368. The van der Waals surface area contributed by atoms with Crippen molar-refractivity contribution in [1.29, 1.82) is 0 Å². The molecule has 2 amide bonds. The molecule has 1 fully saturated rings. The highest BCUT2D eigenvalue weighted by Crippen LogP contribution is 2.30. The largest absolute Gasteiger partial charge is 0.381 e. The number of hydroxylamine groups is 2. The number of carbonyl (C=O) groups is 3. The van der Waals surface area contributed by atoms with Gasteiger partial charge in [0.25, 0.3) is 11.8 Å². The molecule has 8 heteroatoms. The zero-order valence-corrected chi connectivity index (χ0v) is 14.9. The van der Waals surface area contributed by atoms with Crippen LogP contribution in [0.15, 0.2) is 30.5 Å². The van der Waals surface area contributed by atoms with Crippen LogP contribution in [-0.2, 0) is 16.1 Å². The van der Waals surface area contributed by atoms with Gasteiger partial charge in [0, 0.05) is 31.9 Å². The van der Waals surface area contributed by atoms with E-state index >= 15 is 0 Å². The van der Waals surface area contributed by atoms with E-state index in [1.807, 2.05) is 6.92 Å². The van der Waals surface area contributed by atoms with Crippen molar-refractivity contribution in [2.45, 2.75) is 32.2 Å². The lowest BCUT2D eigenvalue weighted by Gasteiger charge is -2.21. The average Bonchev–Trinajstić information content (AvgIpc) is 3.25. The fourth-order valence-corrected chi connectivity index (χ4v) is 3.41. The third-order valence-electron chi connectivity index (χ3n) is 4.87. The van der Waals surface area contributed by atoms with Gasteiger partial charge >= 0.3 is 5.97 Å². The van der Waals surface area contributed by atoms with Gasteiger partial charge in [0.1, 0.15) is 5.56 Å². The zero-order chi connectivity index (χ0) is 19.0. The number of ether oxygens (including phenoxy) is 1. The van der Waals surface area contributed by atoms with E-state index in [4.69, 9.17) is 9.57 Å². The normalized spacial score (nSPS) is 17.3. The van der Waals surface area contributed by atoms with Crippen molar-refractivity contribution >= 4 is 17.8 Å². The first-order chi connectivity index (χ1) is 13.1. The first kappa shape index (κ1) is 17.4. The van der Waals surface area contributed by atoms with Gasteiger partial charge in [-0.2, -0.15) is 5.10 Å². The Hall–Kier alpha value is -3.00. The molecule has 3 heterocycles. The van der Waals surface area contributed by atoms with Crippen LogP contribution in [0.25, 0.3) is 0 Å². The molecule has 4 rings (SSSR count). The molecule has 27 heavy (non-hydrogen) atoms.